The summed E-state index contributed by atoms with van der Waals surface area (Å²) >= 11 is 0. The molecule has 0 radical (unpaired) electrons. The van der Waals surface area contributed by atoms with E-state index in [1.54, 1.807) is 7.05 Å². The summed E-state index contributed by atoms with van der Waals surface area (Å²) in [7, 11) is 1.71. The number of hydrogen-bond acceptors (Lipinski definition) is 4. The van der Waals surface area contributed by atoms with Crippen molar-refractivity contribution in [1.29, 1.82) is 0 Å². The number of aryl methyl sites for hydroxylation is 5. The van der Waals surface area contributed by atoms with Crippen molar-refractivity contribution in [3.8, 4) is 0 Å². The van der Waals surface area contributed by atoms with Gasteiger partial charge in [0.05, 0.1) is 0 Å². The lowest BCUT2D eigenvalue weighted by Crippen LogP contribution is -2.40. The SMILES string of the molecule is Cc1ccc(N2CCCn3c2nc2c3c(=O)n(CCCc3ccccc3)c(=O)n2C)c(C)c1. The van der Waals surface area contributed by atoms with Crippen molar-refractivity contribution in [3.05, 3.63) is 86.1 Å². The highest BCUT2D eigenvalue weighted by Crippen LogP contribution is 2.33. The van der Waals surface area contributed by atoms with E-state index < -0.39 is 0 Å². The van der Waals surface area contributed by atoms with Crippen molar-refractivity contribution in [1.82, 2.24) is 18.7 Å². The summed E-state index contributed by atoms with van der Waals surface area (Å²) in [5, 5.41) is 0. The number of rotatable bonds is 5. The van der Waals surface area contributed by atoms with Crippen molar-refractivity contribution < 1.29 is 0 Å². The number of nitrogens with zero attached hydrogens (tertiary/aromatic N) is 5. The molecule has 3 heterocycles. The molecule has 0 aliphatic carbocycles. The van der Waals surface area contributed by atoms with Gasteiger partial charge < -0.3 is 9.47 Å². The molecule has 4 aromatic rings. The molecule has 0 spiro atoms. The molecule has 2 aromatic carbocycles. The van der Waals surface area contributed by atoms with Gasteiger partial charge in [-0.1, -0.05) is 48.0 Å². The second kappa shape index (κ2) is 8.39. The predicted molar refractivity (Wildman–Crippen MR) is 132 cm³/mol. The maximum Gasteiger partial charge on any atom is 0.332 e. The van der Waals surface area contributed by atoms with Crippen LogP contribution in [0.1, 0.15) is 29.5 Å². The van der Waals surface area contributed by atoms with Crippen molar-refractivity contribution in [2.24, 2.45) is 7.05 Å². The molecule has 0 N–H and O–H groups in total. The average molecular weight is 444 g/mol. The van der Waals surface area contributed by atoms with Gasteiger partial charge in [0.1, 0.15) is 0 Å². The fourth-order valence-electron chi connectivity index (χ4n) is 4.88. The van der Waals surface area contributed by atoms with E-state index in [0.717, 1.165) is 37.4 Å². The molecule has 7 heteroatoms. The minimum Gasteiger partial charge on any atom is -0.312 e. The van der Waals surface area contributed by atoms with E-state index >= 15 is 0 Å². The molecule has 2 aromatic heterocycles. The summed E-state index contributed by atoms with van der Waals surface area (Å²) < 4.78 is 4.88. The highest BCUT2D eigenvalue weighted by Gasteiger charge is 2.27. The van der Waals surface area contributed by atoms with Crippen LogP contribution in [0, 0.1) is 13.8 Å². The molecule has 0 fully saturated rings. The number of imidazole rings is 1. The zero-order valence-electron chi connectivity index (χ0n) is 19.4. The lowest BCUT2D eigenvalue weighted by molar-refractivity contribution is 0.565. The first-order valence-corrected chi connectivity index (χ1v) is 11.5. The van der Waals surface area contributed by atoms with Crippen molar-refractivity contribution >= 4 is 22.8 Å². The summed E-state index contributed by atoms with van der Waals surface area (Å²) in [6, 6.07) is 16.5. The molecule has 170 valence electrons. The van der Waals surface area contributed by atoms with Crippen LogP contribution in [0.25, 0.3) is 11.2 Å². The fraction of sp³-hybridized carbons (Fsp3) is 0.346. The van der Waals surface area contributed by atoms with Gasteiger partial charge in [-0.15, -0.1) is 0 Å². The monoisotopic (exact) mass is 443 g/mol. The molecule has 0 unspecified atom stereocenters. The third-order valence-corrected chi connectivity index (χ3v) is 6.55. The minimum atomic E-state index is -0.311. The molecule has 1 aliphatic heterocycles. The smallest absolute Gasteiger partial charge is 0.312 e. The van der Waals surface area contributed by atoms with Crippen molar-refractivity contribution in [3.63, 3.8) is 0 Å². The zero-order chi connectivity index (χ0) is 23.1. The molecule has 0 bridgehead atoms. The number of benzene rings is 2. The largest absolute Gasteiger partial charge is 0.332 e. The van der Waals surface area contributed by atoms with Crippen LogP contribution in [0.4, 0.5) is 11.6 Å². The fourth-order valence-corrected chi connectivity index (χ4v) is 4.88. The van der Waals surface area contributed by atoms with Crippen LogP contribution < -0.4 is 16.1 Å². The third kappa shape index (κ3) is 3.67. The Morgan fingerprint density at radius 1 is 1.00 bits per heavy atom. The van der Waals surface area contributed by atoms with Crippen molar-refractivity contribution in [2.75, 3.05) is 11.4 Å². The number of hydrogen-bond donors (Lipinski definition) is 0. The lowest BCUT2D eigenvalue weighted by atomic mass is 10.1. The van der Waals surface area contributed by atoms with E-state index in [2.05, 4.69) is 49.1 Å². The standard InChI is InChI=1S/C26H29N5O2/c1-18-12-13-21(19(2)17-18)29-15-8-16-30-22-23(27-25(29)30)28(3)26(33)31(24(22)32)14-7-11-20-9-5-4-6-10-20/h4-6,9-10,12-13,17H,7-8,11,14-16H2,1-3H3. The van der Waals surface area contributed by atoms with Crippen LogP contribution in [0.5, 0.6) is 0 Å². The first-order valence-electron chi connectivity index (χ1n) is 11.5. The molecule has 33 heavy (non-hydrogen) atoms. The van der Waals surface area contributed by atoms with Gasteiger partial charge in [0, 0.05) is 32.4 Å². The number of aromatic nitrogens is 4. The highest BCUT2D eigenvalue weighted by molar-refractivity contribution is 5.77. The van der Waals surface area contributed by atoms with Gasteiger partial charge in [-0.2, -0.15) is 4.98 Å². The van der Waals surface area contributed by atoms with Gasteiger partial charge in [-0.25, -0.2) is 4.79 Å². The summed E-state index contributed by atoms with van der Waals surface area (Å²) in [5.41, 5.74) is 5.08. The van der Waals surface area contributed by atoms with Crippen LogP contribution >= 0.6 is 0 Å². The average Bonchev–Trinajstić information content (AvgIpc) is 3.21. The Kier molecular flexibility index (Phi) is 5.40. The molecular formula is C26H29N5O2. The maximum atomic E-state index is 13.5. The van der Waals surface area contributed by atoms with E-state index in [4.69, 9.17) is 4.98 Å². The molecule has 7 nitrogen and oxygen atoms in total. The van der Waals surface area contributed by atoms with Gasteiger partial charge in [-0.05, 0) is 50.3 Å². The summed E-state index contributed by atoms with van der Waals surface area (Å²) in [4.78, 5) is 33.5. The normalized spacial score (nSPS) is 13.5. The molecule has 0 atom stereocenters. The van der Waals surface area contributed by atoms with Gasteiger partial charge >= 0.3 is 5.69 Å². The van der Waals surface area contributed by atoms with Gasteiger partial charge in [0.15, 0.2) is 11.2 Å². The Balaban J connectivity index is 1.57. The first-order chi connectivity index (χ1) is 16.0. The van der Waals surface area contributed by atoms with Gasteiger partial charge in [-0.3, -0.25) is 13.9 Å². The second-order valence-corrected chi connectivity index (χ2v) is 8.92. The van der Waals surface area contributed by atoms with Crippen LogP contribution in [-0.2, 0) is 26.6 Å². The summed E-state index contributed by atoms with van der Waals surface area (Å²) in [5.74, 6) is 0.734. The van der Waals surface area contributed by atoms with E-state index in [9.17, 15) is 9.59 Å². The van der Waals surface area contributed by atoms with Crippen LogP contribution in [0.2, 0.25) is 0 Å². The summed E-state index contributed by atoms with van der Waals surface area (Å²) in [6.07, 6.45) is 2.45. The zero-order valence-corrected chi connectivity index (χ0v) is 19.4. The molecule has 1 aliphatic rings. The van der Waals surface area contributed by atoms with Crippen LogP contribution in [-0.4, -0.2) is 25.2 Å². The van der Waals surface area contributed by atoms with E-state index in [1.807, 2.05) is 22.8 Å². The minimum absolute atomic E-state index is 0.248. The Bertz CT molecular complexity index is 1450. The van der Waals surface area contributed by atoms with E-state index in [0.29, 0.717) is 24.3 Å². The van der Waals surface area contributed by atoms with Gasteiger partial charge in [0.25, 0.3) is 5.56 Å². The Morgan fingerprint density at radius 3 is 2.55 bits per heavy atom. The Labute approximate surface area is 192 Å². The molecule has 0 saturated carbocycles. The molecule has 5 rings (SSSR count). The maximum absolute atomic E-state index is 13.5. The van der Waals surface area contributed by atoms with E-state index in [-0.39, 0.29) is 11.2 Å². The molecular weight excluding hydrogens is 414 g/mol. The Hall–Kier alpha value is -3.61. The quantitative estimate of drug-likeness (QED) is 0.472. The molecule has 0 amide bonds. The second-order valence-electron chi connectivity index (χ2n) is 8.92. The van der Waals surface area contributed by atoms with Crippen LogP contribution in [0.15, 0.2) is 58.1 Å². The number of fused-ring (bicyclic) bond motifs is 3. The Morgan fingerprint density at radius 2 is 1.79 bits per heavy atom. The van der Waals surface area contributed by atoms with Gasteiger partial charge in [0.2, 0.25) is 5.95 Å². The van der Waals surface area contributed by atoms with Crippen molar-refractivity contribution in [2.45, 2.75) is 46.2 Å². The number of anilines is 2. The molecule has 0 saturated heterocycles. The third-order valence-electron chi connectivity index (χ3n) is 6.55. The highest BCUT2D eigenvalue weighted by atomic mass is 16.2. The summed E-state index contributed by atoms with van der Waals surface area (Å²) in [6.45, 7) is 6.10. The first kappa shape index (κ1) is 21.2. The van der Waals surface area contributed by atoms with E-state index in [1.165, 1.54) is 25.8 Å². The predicted octanol–water partition coefficient (Wildman–Crippen LogP) is 3.69. The van der Waals surface area contributed by atoms with Crippen LogP contribution in [0.3, 0.4) is 0 Å². The topological polar surface area (TPSA) is 65.1 Å². The lowest BCUT2D eigenvalue weighted by Gasteiger charge is -2.30.